The molecule has 0 radical (unpaired) electrons. The first-order valence-corrected chi connectivity index (χ1v) is 5.44. The van der Waals surface area contributed by atoms with E-state index in [-0.39, 0.29) is 6.54 Å². The average Bonchev–Trinajstić information content (AvgIpc) is 2.28. The number of ether oxygens (including phenoxy) is 1. The first-order valence-electron chi connectivity index (χ1n) is 5.44. The number of rotatable bonds is 4. The van der Waals surface area contributed by atoms with Gasteiger partial charge in [-0.05, 0) is 6.92 Å². The molecule has 1 atom stereocenters. The van der Waals surface area contributed by atoms with E-state index >= 15 is 0 Å². The van der Waals surface area contributed by atoms with E-state index in [0.717, 1.165) is 0 Å². The molecule has 1 fully saturated rings. The van der Waals surface area contributed by atoms with Gasteiger partial charge in [0, 0.05) is 13.1 Å². The number of hydrogen-bond donors (Lipinski definition) is 2. The molecule has 0 aromatic carbocycles. The van der Waals surface area contributed by atoms with Gasteiger partial charge in [-0.3, -0.25) is 24.6 Å². The molecule has 1 heterocycles. The zero-order chi connectivity index (χ0) is 12.8. The predicted molar refractivity (Wildman–Crippen MR) is 58.8 cm³/mol. The molecule has 0 aromatic rings. The van der Waals surface area contributed by atoms with Crippen molar-refractivity contribution in [3.05, 3.63) is 0 Å². The smallest absolute Gasteiger partial charge is 0.240 e. The molecule has 0 saturated carbocycles. The third-order valence-corrected chi connectivity index (χ3v) is 2.55. The molecule has 0 aliphatic carbocycles. The molecule has 1 saturated heterocycles. The van der Waals surface area contributed by atoms with Gasteiger partial charge in [0.05, 0.1) is 19.8 Å². The summed E-state index contributed by atoms with van der Waals surface area (Å²) < 4.78 is 5.13. The summed E-state index contributed by atoms with van der Waals surface area (Å²) in [6, 6.07) is 0. The van der Waals surface area contributed by atoms with Gasteiger partial charge in [-0.2, -0.15) is 0 Å². The van der Waals surface area contributed by atoms with Crippen LogP contribution in [0.3, 0.4) is 0 Å². The van der Waals surface area contributed by atoms with Crippen LogP contribution in [0.5, 0.6) is 0 Å². The lowest BCUT2D eigenvalue weighted by molar-refractivity contribution is -0.136. The van der Waals surface area contributed by atoms with Crippen LogP contribution in [0.4, 0.5) is 0 Å². The summed E-state index contributed by atoms with van der Waals surface area (Å²) in [5, 5.41) is 2.15. The molecule has 3 N–H and O–H groups in total. The minimum Gasteiger partial charge on any atom is -0.379 e. The Kier molecular flexibility index (Phi) is 5.05. The first kappa shape index (κ1) is 13.6. The Bertz CT molecular complexity index is 313. The summed E-state index contributed by atoms with van der Waals surface area (Å²) in [4.78, 5) is 35.5. The van der Waals surface area contributed by atoms with Crippen LogP contribution in [0.2, 0.25) is 0 Å². The molecule has 1 aliphatic rings. The number of carbonyl (C=O) groups excluding carboxylic acids is 3. The summed E-state index contributed by atoms with van der Waals surface area (Å²) in [5.74, 6) is -2.83. The number of primary amides is 1. The fraction of sp³-hybridized carbons (Fsp3) is 0.700. The first-order chi connectivity index (χ1) is 8.00. The van der Waals surface area contributed by atoms with E-state index in [1.54, 1.807) is 0 Å². The van der Waals surface area contributed by atoms with Crippen molar-refractivity contribution in [1.82, 2.24) is 10.2 Å². The molecule has 17 heavy (non-hydrogen) atoms. The number of nitrogens with two attached hydrogens (primary N) is 1. The fourth-order valence-corrected chi connectivity index (χ4v) is 1.38. The number of carbonyl (C=O) groups is 3. The molecular weight excluding hydrogens is 226 g/mol. The minimum atomic E-state index is -0.997. The Morgan fingerprint density at radius 2 is 1.94 bits per heavy atom. The Morgan fingerprint density at radius 1 is 1.35 bits per heavy atom. The third-order valence-electron chi connectivity index (χ3n) is 2.55. The average molecular weight is 243 g/mol. The molecule has 96 valence electrons. The number of nitrogens with one attached hydrogen (secondary N) is 1. The zero-order valence-corrected chi connectivity index (χ0v) is 9.77. The lowest BCUT2D eigenvalue weighted by Gasteiger charge is -2.25. The topological polar surface area (TPSA) is 102 Å². The predicted octanol–water partition coefficient (Wildman–Crippen LogP) is -1.92. The van der Waals surface area contributed by atoms with Crippen LogP contribution in [-0.4, -0.2) is 55.5 Å². The summed E-state index contributed by atoms with van der Waals surface area (Å²) in [7, 11) is 0. The van der Waals surface area contributed by atoms with Crippen LogP contribution >= 0.6 is 0 Å². The summed E-state index contributed by atoms with van der Waals surface area (Å²) in [6.45, 7) is 3.97. The van der Waals surface area contributed by atoms with Crippen LogP contribution in [-0.2, 0) is 19.1 Å². The number of morpholine rings is 1. The molecule has 1 unspecified atom stereocenters. The third kappa shape index (κ3) is 4.49. The van der Waals surface area contributed by atoms with Crippen molar-refractivity contribution in [3.8, 4) is 0 Å². The van der Waals surface area contributed by atoms with Gasteiger partial charge in [0.1, 0.15) is 5.92 Å². The van der Waals surface area contributed by atoms with E-state index in [9.17, 15) is 14.4 Å². The lowest BCUT2D eigenvalue weighted by Crippen LogP contribution is -2.47. The molecule has 1 rings (SSSR count). The maximum absolute atomic E-state index is 11.5. The van der Waals surface area contributed by atoms with Gasteiger partial charge in [0.25, 0.3) is 0 Å². The second kappa shape index (κ2) is 6.31. The van der Waals surface area contributed by atoms with Crippen molar-refractivity contribution < 1.29 is 19.1 Å². The number of hydrogen-bond acceptors (Lipinski definition) is 5. The standard InChI is InChI=1S/C10H17N3O4/c1-7(9(11)15)10(16)12-8(14)6-13-2-4-17-5-3-13/h7H,2-6H2,1H3,(H2,11,15)(H,12,14,16). The van der Waals surface area contributed by atoms with Crippen molar-refractivity contribution in [2.75, 3.05) is 32.8 Å². The molecule has 3 amide bonds. The maximum Gasteiger partial charge on any atom is 0.240 e. The highest BCUT2D eigenvalue weighted by atomic mass is 16.5. The highest BCUT2D eigenvalue weighted by Gasteiger charge is 2.22. The number of nitrogens with zero attached hydrogens (tertiary/aromatic N) is 1. The van der Waals surface area contributed by atoms with E-state index in [2.05, 4.69) is 5.32 Å². The Morgan fingerprint density at radius 3 is 2.47 bits per heavy atom. The van der Waals surface area contributed by atoms with E-state index in [1.165, 1.54) is 6.92 Å². The number of amides is 3. The highest BCUT2D eigenvalue weighted by Crippen LogP contribution is 1.97. The van der Waals surface area contributed by atoms with E-state index in [4.69, 9.17) is 10.5 Å². The van der Waals surface area contributed by atoms with Gasteiger partial charge in [-0.25, -0.2) is 0 Å². The minimum absolute atomic E-state index is 0.126. The van der Waals surface area contributed by atoms with Crippen LogP contribution in [0.1, 0.15) is 6.92 Å². The Hall–Kier alpha value is -1.47. The highest BCUT2D eigenvalue weighted by molar-refractivity contribution is 6.06. The van der Waals surface area contributed by atoms with Gasteiger partial charge < -0.3 is 10.5 Å². The summed E-state index contributed by atoms with van der Waals surface area (Å²) >= 11 is 0. The Balaban J connectivity index is 2.33. The van der Waals surface area contributed by atoms with Gasteiger partial charge in [0.2, 0.25) is 17.7 Å². The van der Waals surface area contributed by atoms with Crippen LogP contribution in [0.15, 0.2) is 0 Å². The molecule has 0 spiro atoms. The van der Waals surface area contributed by atoms with Crippen LogP contribution in [0.25, 0.3) is 0 Å². The van der Waals surface area contributed by atoms with Crippen molar-refractivity contribution in [2.45, 2.75) is 6.92 Å². The summed E-state index contributed by atoms with van der Waals surface area (Å²) in [5.41, 5.74) is 4.96. The van der Waals surface area contributed by atoms with Crippen LogP contribution in [0, 0.1) is 5.92 Å². The molecule has 0 bridgehead atoms. The van der Waals surface area contributed by atoms with E-state index in [1.807, 2.05) is 4.90 Å². The van der Waals surface area contributed by atoms with Gasteiger partial charge in [-0.1, -0.05) is 0 Å². The molecule has 1 aliphatic heterocycles. The normalized spacial score (nSPS) is 18.4. The quantitative estimate of drug-likeness (QED) is 0.561. The van der Waals surface area contributed by atoms with E-state index < -0.39 is 23.6 Å². The molecule has 0 aromatic heterocycles. The number of imide groups is 1. The van der Waals surface area contributed by atoms with E-state index in [0.29, 0.717) is 26.3 Å². The SMILES string of the molecule is CC(C(N)=O)C(=O)NC(=O)CN1CCOCC1. The maximum atomic E-state index is 11.5. The second-order valence-electron chi connectivity index (χ2n) is 3.93. The van der Waals surface area contributed by atoms with Crippen molar-refractivity contribution in [1.29, 1.82) is 0 Å². The van der Waals surface area contributed by atoms with Gasteiger partial charge in [-0.15, -0.1) is 0 Å². The lowest BCUT2D eigenvalue weighted by atomic mass is 10.1. The van der Waals surface area contributed by atoms with Crippen molar-refractivity contribution in [2.24, 2.45) is 11.7 Å². The Labute approximate surface area is 99.3 Å². The van der Waals surface area contributed by atoms with Crippen LogP contribution < -0.4 is 11.1 Å². The largest absolute Gasteiger partial charge is 0.379 e. The molecule has 7 nitrogen and oxygen atoms in total. The van der Waals surface area contributed by atoms with Crippen molar-refractivity contribution in [3.63, 3.8) is 0 Å². The molecular formula is C10H17N3O4. The second-order valence-corrected chi connectivity index (χ2v) is 3.93. The van der Waals surface area contributed by atoms with Gasteiger partial charge >= 0.3 is 0 Å². The zero-order valence-electron chi connectivity index (χ0n) is 9.77. The fourth-order valence-electron chi connectivity index (χ4n) is 1.38. The monoisotopic (exact) mass is 243 g/mol. The summed E-state index contributed by atoms with van der Waals surface area (Å²) in [6.07, 6.45) is 0. The van der Waals surface area contributed by atoms with Crippen molar-refractivity contribution >= 4 is 17.7 Å². The van der Waals surface area contributed by atoms with Gasteiger partial charge in [0.15, 0.2) is 0 Å². The molecule has 7 heteroatoms.